The second-order valence-electron chi connectivity index (χ2n) is 5.09. The van der Waals surface area contributed by atoms with E-state index < -0.39 is 0 Å². The van der Waals surface area contributed by atoms with Gasteiger partial charge in [-0.25, -0.2) is 0 Å². The SMILES string of the molecule is CCCNC(=O)CN(Cc1ccc(N)cc1)C(C)C. The van der Waals surface area contributed by atoms with Crippen molar-refractivity contribution in [3.8, 4) is 0 Å². The molecule has 0 aromatic heterocycles. The Kier molecular flexibility index (Phi) is 6.36. The third kappa shape index (κ3) is 5.75. The molecule has 0 aliphatic carbocycles. The molecule has 0 bridgehead atoms. The molecule has 0 atom stereocenters. The molecule has 0 heterocycles. The van der Waals surface area contributed by atoms with E-state index in [0.717, 1.165) is 25.2 Å². The summed E-state index contributed by atoms with van der Waals surface area (Å²) >= 11 is 0. The van der Waals surface area contributed by atoms with Gasteiger partial charge in [-0.3, -0.25) is 9.69 Å². The van der Waals surface area contributed by atoms with Gasteiger partial charge in [0.05, 0.1) is 6.54 Å². The molecule has 0 aliphatic heterocycles. The smallest absolute Gasteiger partial charge is 0.234 e. The largest absolute Gasteiger partial charge is 0.399 e. The van der Waals surface area contributed by atoms with Gasteiger partial charge in [-0.05, 0) is 38.0 Å². The minimum Gasteiger partial charge on any atom is -0.399 e. The molecule has 0 unspecified atom stereocenters. The van der Waals surface area contributed by atoms with Crippen LogP contribution in [-0.2, 0) is 11.3 Å². The molecule has 1 aromatic carbocycles. The second-order valence-corrected chi connectivity index (χ2v) is 5.09. The van der Waals surface area contributed by atoms with Crippen molar-refractivity contribution in [3.63, 3.8) is 0 Å². The Morgan fingerprint density at radius 3 is 2.47 bits per heavy atom. The van der Waals surface area contributed by atoms with Gasteiger partial charge in [0, 0.05) is 24.8 Å². The number of nitrogens with two attached hydrogens (primary N) is 1. The predicted molar refractivity (Wildman–Crippen MR) is 79.7 cm³/mol. The van der Waals surface area contributed by atoms with Crippen LogP contribution in [0.1, 0.15) is 32.8 Å². The molecule has 19 heavy (non-hydrogen) atoms. The summed E-state index contributed by atoms with van der Waals surface area (Å²) in [4.78, 5) is 13.9. The van der Waals surface area contributed by atoms with Crippen molar-refractivity contribution in [2.75, 3.05) is 18.8 Å². The van der Waals surface area contributed by atoms with E-state index in [9.17, 15) is 4.79 Å². The zero-order valence-electron chi connectivity index (χ0n) is 12.1. The van der Waals surface area contributed by atoms with Crippen LogP contribution in [0.2, 0.25) is 0 Å². The number of hydrogen-bond donors (Lipinski definition) is 2. The minimum absolute atomic E-state index is 0.0889. The summed E-state index contributed by atoms with van der Waals surface area (Å²) in [7, 11) is 0. The van der Waals surface area contributed by atoms with Crippen molar-refractivity contribution in [3.05, 3.63) is 29.8 Å². The number of benzene rings is 1. The van der Waals surface area contributed by atoms with E-state index in [4.69, 9.17) is 5.73 Å². The Morgan fingerprint density at radius 1 is 1.32 bits per heavy atom. The van der Waals surface area contributed by atoms with Gasteiger partial charge in [-0.15, -0.1) is 0 Å². The van der Waals surface area contributed by atoms with Crippen LogP contribution in [0.5, 0.6) is 0 Å². The Bertz CT molecular complexity index is 387. The lowest BCUT2D eigenvalue weighted by atomic mass is 10.1. The van der Waals surface area contributed by atoms with Crippen molar-refractivity contribution in [1.82, 2.24) is 10.2 Å². The molecule has 0 fully saturated rings. The van der Waals surface area contributed by atoms with Gasteiger partial charge >= 0.3 is 0 Å². The van der Waals surface area contributed by atoms with Gasteiger partial charge < -0.3 is 11.1 Å². The number of rotatable bonds is 7. The van der Waals surface area contributed by atoms with Crippen LogP contribution in [0.15, 0.2) is 24.3 Å². The number of nitrogens with zero attached hydrogens (tertiary/aromatic N) is 1. The van der Waals surface area contributed by atoms with Gasteiger partial charge in [-0.2, -0.15) is 0 Å². The van der Waals surface area contributed by atoms with Crippen LogP contribution in [0, 0.1) is 0 Å². The first kappa shape index (κ1) is 15.5. The standard InChI is InChI=1S/C15H25N3O/c1-4-9-17-15(19)11-18(12(2)3)10-13-5-7-14(16)8-6-13/h5-8,12H,4,9-11,16H2,1-3H3,(H,17,19). The first-order chi connectivity index (χ1) is 9.02. The Labute approximate surface area is 116 Å². The van der Waals surface area contributed by atoms with Crippen LogP contribution in [0.25, 0.3) is 0 Å². The summed E-state index contributed by atoms with van der Waals surface area (Å²) in [5, 5.41) is 2.91. The summed E-state index contributed by atoms with van der Waals surface area (Å²) in [6, 6.07) is 8.13. The van der Waals surface area contributed by atoms with E-state index in [1.807, 2.05) is 24.3 Å². The third-order valence-corrected chi connectivity index (χ3v) is 3.01. The maximum absolute atomic E-state index is 11.8. The van der Waals surface area contributed by atoms with Crippen molar-refractivity contribution in [2.24, 2.45) is 0 Å². The highest BCUT2D eigenvalue weighted by Gasteiger charge is 2.14. The quantitative estimate of drug-likeness (QED) is 0.740. The minimum atomic E-state index is 0.0889. The lowest BCUT2D eigenvalue weighted by Gasteiger charge is -2.26. The molecule has 106 valence electrons. The highest BCUT2D eigenvalue weighted by molar-refractivity contribution is 5.78. The van der Waals surface area contributed by atoms with E-state index in [1.54, 1.807) is 0 Å². The van der Waals surface area contributed by atoms with Crippen LogP contribution < -0.4 is 11.1 Å². The molecule has 1 rings (SSSR count). The summed E-state index contributed by atoms with van der Waals surface area (Å²) in [5.41, 5.74) is 7.61. The normalized spacial score (nSPS) is 11.0. The molecule has 1 aromatic rings. The Balaban J connectivity index is 2.57. The third-order valence-electron chi connectivity index (χ3n) is 3.01. The number of anilines is 1. The number of hydrogen-bond acceptors (Lipinski definition) is 3. The number of nitrogen functional groups attached to an aromatic ring is 1. The molecule has 0 spiro atoms. The maximum atomic E-state index is 11.8. The van der Waals surface area contributed by atoms with E-state index in [2.05, 4.69) is 31.0 Å². The molecule has 1 amide bonds. The van der Waals surface area contributed by atoms with Crippen LogP contribution in [-0.4, -0.2) is 29.9 Å². The fourth-order valence-electron chi connectivity index (χ4n) is 1.78. The van der Waals surface area contributed by atoms with Gasteiger partial charge in [0.15, 0.2) is 0 Å². The molecule has 0 saturated heterocycles. The van der Waals surface area contributed by atoms with Crippen molar-refractivity contribution in [2.45, 2.75) is 39.8 Å². The van der Waals surface area contributed by atoms with E-state index in [-0.39, 0.29) is 5.91 Å². The van der Waals surface area contributed by atoms with Crippen LogP contribution in [0.3, 0.4) is 0 Å². The highest BCUT2D eigenvalue weighted by Crippen LogP contribution is 2.10. The van der Waals surface area contributed by atoms with Crippen molar-refractivity contribution in [1.29, 1.82) is 0 Å². The first-order valence-electron chi connectivity index (χ1n) is 6.88. The first-order valence-corrected chi connectivity index (χ1v) is 6.88. The summed E-state index contributed by atoms with van der Waals surface area (Å²) in [6.07, 6.45) is 0.964. The summed E-state index contributed by atoms with van der Waals surface area (Å²) < 4.78 is 0. The number of nitrogens with one attached hydrogen (secondary N) is 1. The average Bonchev–Trinajstić information content (AvgIpc) is 2.38. The van der Waals surface area contributed by atoms with Crippen molar-refractivity contribution < 1.29 is 4.79 Å². The van der Waals surface area contributed by atoms with E-state index in [0.29, 0.717) is 12.6 Å². The molecule has 4 heteroatoms. The second kappa shape index (κ2) is 7.79. The van der Waals surface area contributed by atoms with Crippen LogP contribution in [0.4, 0.5) is 5.69 Å². The molecule has 3 N–H and O–H groups in total. The Morgan fingerprint density at radius 2 is 1.95 bits per heavy atom. The van der Waals surface area contributed by atoms with Crippen molar-refractivity contribution >= 4 is 11.6 Å². The zero-order chi connectivity index (χ0) is 14.3. The maximum Gasteiger partial charge on any atom is 0.234 e. The average molecular weight is 263 g/mol. The molecule has 0 aliphatic rings. The van der Waals surface area contributed by atoms with E-state index >= 15 is 0 Å². The molecule has 0 saturated carbocycles. The molecule has 0 radical (unpaired) electrons. The lowest BCUT2D eigenvalue weighted by molar-refractivity contribution is -0.122. The molecular weight excluding hydrogens is 238 g/mol. The summed E-state index contributed by atoms with van der Waals surface area (Å²) in [6.45, 7) is 8.19. The Hall–Kier alpha value is -1.55. The number of carbonyl (C=O) groups excluding carboxylic acids is 1. The van der Waals surface area contributed by atoms with Gasteiger partial charge in [-0.1, -0.05) is 19.1 Å². The lowest BCUT2D eigenvalue weighted by Crippen LogP contribution is -2.40. The van der Waals surface area contributed by atoms with Gasteiger partial charge in [0.1, 0.15) is 0 Å². The number of amides is 1. The zero-order valence-corrected chi connectivity index (χ0v) is 12.1. The van der Waals surface area contributed by atoms with Gasteiger partial charge in [0.25, 0.3) is 0 Å². The predicted octanol–water partition coefficient (Wildman–Crippen LogP) is 2.01. The fraction of sp³-hybridized carbons (Fsp3) is 0.533. The van der Waals surface area contributed by atoms with Gasteiger partial charge in [0.2, 0.25) is 5.91 Å². The van der Waals surface area contributed by atoms with Crippen LogP contribution >= 0.6 is 0 Å². The monoisotopic (exact) mass is 263 g/mol. The number of carbonyl (C=O) groups is 1. The highest BCUT2D eigenvalue weighted by atomic mass is 16.2. The molecular formula is C15H25N3O. The topological polar surface area (TPSA) is 58.4 Å². The molecule has 4 nitrogen and oxygen atoms in total. The van der Waals surface area contributed by atoms with E-state index in [1.165, 1.54) is 5.56 Å². The fourth-order valence-corrected chi connectivity index (χ4v) is 1.78. The summed E-state index contributed by atoms with van der Waals surface area (Å²) in [5.74, 6) is 0.0889.